The van der Waals surface area contributed by atoms with Crippen LogP contribution < -0.4 is 0 Å². The quantitative estimate of drug-likeness (QED) is 0.448. The standard InChI is InChI=1S/C8H16N/c1-8(2)4-6-9(3)7-5-8/h3-7H2,1-2H3/q-1. The van der Waals surface area contributed by atoms with Crippen molar-refractivity contribution in [3.8, 4) is 0 Å². The molecule has 1 heteroatoms. The second-order valence-electron chi connectivity index (χ2n) is 3.78. The Labute approximate surface area is 58.0 Å². The van der Waals surface area contributed by atoms with Gasteiger partial charge in [0.1, 0.15) is 0 Å². The summed E-state index contributed by atoms with van der Waals surface area (Å²) < 4.78 is 0. The summed E-state index contributed by atoms with van der Waals surface area (Å²) in [5, 5.41) is 0. The minimum absolute atomic E-state index is 0.578. The Morgan fingerprint density at radius 1 is 1.22 bits per heavy atom. The molecule has 1 rings (SSSR count). The van der Waals surface area contributed by atoms with E-state index < -0.39 is 0 Å². The molecule has 0 amide bonds. The van der Waals surface area contributed by atoms with Crippen LogP contribution in [0, 0.1) is 12.5 Å². The largest absolute Gasteiger partial charge is 0.459 e. The maximum atomic E-state index is 3.90. The van der Waals surface area contributed by atoms with E-state index in [1.54, 1.807) is 0 Å². The minimum Gasteiger partial charge on any atom is -0.459 e. The Morgan fingerprint density at radius 3 is 2.00 bits per heavy atom. The fraction of sp³-hybridized carbons (Fsp3) is 0.875. The van der Waals surface area contributed by atoms with Crippen molar-refractivity contribution in [2.24, 2.45) is 5.41 Å². The van der Waals surface area contributed by atoms with Crippen molar-refractivity contribution in [3.05, 3.63) is 7.05 Å². The lowest BCUT2D eigenvalue weighted by Crippen LogP contribution is -2.33. The van der Waals surface area contributed by atoms with Gasteiger partial charge >= 0.3 is 0 Å². The Balaban J connectivity index is 2.35. The third-order valence-corrected chi connectivity index (χ3v) is 2.21. The summed E-state index contributed by atoms with van der Waals surface area (Å²) in [6, 6.07) is 0. The monoisotopic (exact) mass is 126 g/mol. The van der Waals surface area contributed by atoms with Crippen LogP contribution in [-0.4, -0.2) is 18.0 Å². The van der Waals surface area contributed by atoms with Gasteiger partial charge in [-0.25, -0.2) is 0 Å². The zero-order chi connectivity index (χ0) is 6.91. The molecule has 1 aliphatic rings. The number of hydrogen-bond acceptors (Lipinski definition) is 1. The smallest absolute Gasteiger partial charge is 0.0299 e. The van der Waals surface area contributed by atoms with Crippen LogP contribution in [0.25, 0.3) is 0 Å². The Morgan fingerprint density at radius 2 is 1.67 bits per heavy atom. The van der Waals surface area contributed by atoms with Crippen LogP contribution >= 0.6 is 0 Å². The van der Waals surface area contributed by atoms with Crippen LogP contribution in [0.1, 0.15) is 26.7 Å². The molecule has 1 heterocycles. The first kappa shape index (κ1) is 7.07. The van der Waals surface area contributed by atoms with E-state index in [4.69, 9.17) is 0 Å². The molecule has 0 N–H and O–H groups in total. The summed E-state index contributed by atoms with van der Waals surface area (Å²) in [7, 11) is 3.90. The van der Waals surface area contributed by atoms with Crippen molar-refractivity contribution in [1.82, 2.24) is 4.90 Å². The van der Waals surface area contributed by atoms with Crippen molar-refractivity contribution in [3.63, 3.8) is 0 Å². The molecule has 0 saturated carbocycles. The van der Waals surface area contributed by atoms with E-state index in [9.17, 15) is 0 Å². The average molecular weight is 126 g/mol. The number of piperidine rings is 1. The van der Waals surface area contributed by atoms with Gasteiger partial charge in [0.15, 0.2) is 0 Å². The summed E-state index contributed by atoms with van der Waals surface area (Å²) in [5.41, 5.74) is 0.578. The van der Waals surface area contributed by atoms with E-state index in [1.807, 2.05) is 0 Å². The van der Waals surface area contributed by atoms with Crippen LogP contribution in [-0.2, 0) is 0 Å². The van der Waals surface area contributed by atoms with Crippen molar-refractivity contribution in [1.29, 1.82) is 0 Å². The third-order valence-electron chi connectivity index (χ3n) is 2.21. The molecule has 0 bridgehead atoms. The van der Waals surface area contributed by atoms with E-state index in [0.717, 1.165) is 0 Å². The first-order chi connectivity index (χ1) is 4.10. The van der Waals surface area contributed by atoms with E-state index in [2.05, 4.69) is 25.8 Å². The molecule has 1 nitrogen and oxygen atoms in total. The van der Waals surface area contributed by atoms with Gasteiger partial charge in [-0.3, -0.25) is 7.05 Å². The Kier molecular flexibility index (Phi) is 1.80. The summed E-state index contributed by atoms with van der Waals surface area (Å²) >= 11 is 0. The SMILES string of the molecule is [CH2-]N1CCC(C)(C)CC1. The second-order valence-corrected chi connectivity index (χ2v) is 3.78. The molecular weight excluding hydrogens is 110 g/mol. The highest BCUT2D eigenvalue weighted by Gasteiger charge is 2.20. The van der Waals surface area contributed by atoms with Crippen molar-refractivity contribution >= 4 is 0 Å². The first-order valence-electron chi connectivity index (χ1n) is 3.66. The Hall–Kier alpha value is -0.0400. The molecular formula is C8H16N-. The van der Waals surface area contributed by atoms with Gasteiger partial charge in [-0.05, 0) is 31.3 Å². The molecule has 0 unspecified atom stereocenters. The van der Waals surface area contributed by atoms with Crippen molar-refractivity contribution < 1.29 is 0 Å². The lowest BCUT2D eigenvalue weighted by atomic mass is 9.83. The molecule has 0 aromatic rings. The molecule has 54 valence electrons. The molecule has 0 aromatic heterocycles. The number of nitrogens with zero attached hydrogens (tertiary/aromatic N) is 1. The molecule has 0 spiro atoms. The fourth-order valence-electron chi connectivity index (χ4n) is 1.16. The van der Waals surface area contributed by atoms with Crippen LogP contribution in [0.4, 0.5) is 0 Å². The summed E-state index contributed by atoms with van der Waals surface area (Å²) in [5.74, 6) is 0. The zero-order valence-corrected chi connectivity index (χ0v) is 6.48. The van der Waals surface area contributed by atoms with Crippen molar-refractivity contribution in [2.75, 3.05) is 13.1 Å². The number of likely N-dealkylation sites (tertiary alicyclic amines) is 1. The highest BCUT2D eigenvalue weighted by molar-refractivity contribution is 4.77. The summed E-state index contributed by atoms with van der Waals surface area (Å²) in [6.07, 6.45) is 2.60. The predicted octanol–water partition coefficient (Wildman–Crippen LogP) is 1.90. The van der Waals surface area contributed by atoms with Crippen LogP contribution in [0.3, 0.4) is 0 Å². The zero-order valence-electron chi connectivity index (χ0n) is 6.48. The summed E-state index contributed by atoms with van der Waals surface area (Å²) in [6.45, 7) is 7.01. The number of hydrogen-bond donors (Lipinski definition) is 0. The van der Waals surface area contributed by atoms with E-state index in [1.165, 1.54) is 25.9 Å². The molecule has 1 saturated heterocycles. The van der Waals surface area contributed by atoms with Crippen LogP contribution in [0.2, 0.25) is 0 Å². The van der Waals surface area contributed by atoms with Crippen LogP contribution in [0.5, 0.6) is 0 Å². The normalized spacial score (nSPS) is 28.3. The predicted molar refractivity (Wildman–Crippen MR) is 39.9 cm³/mol. The van der Waals surface area contributed by atoms with Gasteiger partial charge in [0, 0.05) is 0 Å². The minimum atomic E-state index is 0.578. The third kappa shape index (κ3) is 1.98. The van der Waals surface area contributed by atoms with Gasteiger partial charge in [-0.1, -0.05) is 13.8 Å². The van der Waals surface area contributed by atoms with Gasteiger partial charge in [0.25, 0.3) is 0 Å². The molecule has 1 fully saturated rings. The topological polar surface area (TPSA) is 3.24 Å². The van der Waals surface area contributed by atoms with Gasteiger partial charge in [-0.15, -0.1) is 0 Å². The van der Waals surface area contributed by atoms with Gasteiger partial charge in [0.05, 0.1) is 0 Å². The lowest BCUT2D eigenvalue weighted by molar-refractivity contribution is 0.171. The van der Waals surface area contributed by atoms with E-state index in [0.29, 0.717) is 5.41 Å². The maximum Gasteiger partial charge on any atom is -0.0299 e. The van der Waals surface area contributed by atoms with Crippen LogP contribution in [0.15, 0.2) is 0 Å². The van der Waals surface area contributed by atoms with Crippen molar-refractivity contribution in [2.45, 2.75) is 26.7 Å². The van der Waals surface area contributed by atoms with Gasteiger partial charge in [-0.2, -0.15) is 0 Å². The van der Waals surface area contributed by atoms with Gasteiger partial charge < -0.3 is 4.90 Å². The highest BCUT2D eigenvalue weighted by atomic mass is 15.1. The average Bonchev–Trinajstić information content (AvgIpc) is 1.78. The fourth-order valence-corrected chi connectivity index (χ4v) is 1.16. The highest BCUT2D eigenvalue weighted by Crippen LogP contribution is 2.28. The molecule has 0 aromatic carbocycles. The van der Waals surface area contributed by atoms with E-state index in [-0.39, 0.29) is 0 Å². The molecule has 0 aliphatic carbocycles. The molecule has 0 radical (unpaired) electrons. The molecule has 0 atom stereocenters. The first-order valence-corrected chi connectivity index (χ1v) is 3.66. The second kappa shape index (κ2) is 2.30. The Bertz CT molecular complexity index is 86.7. The molecule has 1 aliphatic heterocycles. The van der Waals surface area contributed by atoms with E-state index >= 15 is 0 Å². The maximum absolute atomic E-state index is 3.90. The number of rotatable bonds is 0. The summed E-state index contributed by atoms with van der Waals surface area (Å²) in [4.78, 5) is 2.16. The lowest BCUT2D eigenvalue weighted by Gasteiger charge is -2.39. The van der Waals surface area contributed by atoms with Gasteiger partial charge in [0.2, 0.25) is 0 Å². The molecule has 9 heavy (non-hydrogen) atoms.